The Morgan fingerprint density at radius 1 is 1.15 bits per heavy atom. The van der Waals surface area contributed by atoms with Crippen LogP contribution in [0.1, 0.15) is 30.3 Å². The minimum atomic E-state index is -0.206. The number of aromatic nitrogens is 4. The maximum Gasteiger partial charge on any atom is 0.130 e. The summed E-state index contributed by atoms with van der Waals surface area (Å²) in [6.07, 6.45) is 4.11. The third-order valence-corrected chi connectivity index (χ3v) is 4.93. The van der Waals surface area contributed by atoms with Crippen molar-refractivity contribution in [2.75, 3.05) is 25.0 Å². The summed E-state index contributed by atoms with van der Waals surface area (Å²) >= 11 is 0. The SMILES string of the molecule is Cc1nc(NCC(c2ccc(F)cc2)N2CCCC2)cc(-c2ccn[nH]2)n1. The minimum absolute atomic E-state index is 0.180. The van der Waals surface area contributed by atoms with E-state index in [0.29, 0.717) is 12.4 Å². The van der Waals surface area contributed by atoms with E-state index in [4.69, 9.17) is 0 Å². The van der Waals surface area contributed by atoms with E-state index >= 15 is 0 Å². The molecule has 6 nitrogen and oxygen atoms in total. The average molecular weight is 366 g/mol. The van der Waals surface area contributed by atoms with Gasteiger partial charge in [0.25, 0.3) is 0 Å². The average Bonchev–Trinajstić information content (AvgIpc) is 3.37. The first kappa shape index (κ1) is 17.6. The van der Waals surface area contributed by atoms with Crippen molar-refractivity contribution in [3.63, 3.8) is 0 Å². The van der Waals surface area contributed by atoms with Crippen molar-refractivity contribution in [2.45, 2.75) is 25.8 Å². The molecule has 1 aromatic carbocycles. The quantitative estimate of drug-likeness (QED) is 0.698. The Hall–Kier alpha value is -2.80. The van der Waals surface area contributed by atoms with E-state index in [1.165, 1.54) is 25.0 Å². The molecule has 140 valence electrons. The molecule has 2 N–H and O–H groups in total. The van der Waals surface area contributed by atoms with E-state index in [9.17, 15) is 4.39 Å². The molecule has 1 unspecified atom stereocenters. The molecule has 0 aliphatic carbocycles. The van der Waals surface area contributed by atoms with Crippen LogP contribution in [0.25, 0.3) is 11.4 Å². The Balaban J connectivity index is 1.54. The van der Waals surface area contributed by atoms with E-state index in [2.05, 4.69) is 30.4 Å². The summed E-state index contributed by atoms with van der Waals surface area (Å²) in [5.41, 5.74) is 2.78. The zero-order valence-corrected chi connectivity index (χ0v) is 15.3. The van der Waals surface area contributed by atoms with Gasteiger partial charge in [0.1, 0.15) is 17.5 Å². The van der Waals surface area contributed by atoms with Crippen LogP contribution in [0.4, 0.5) is 10.2 Å². The summed E-state index contributed by atoms with van der Waals surface area (Å²) in [7, 11) is 0. The predicted molar refractivity (Wildman–Crippen MR) is 103 cm³/mol. The highest BCUT2D eigenvalue weighted by Gasteiger charge is 2.23. The van der Waals surface area contributed by atoms with Gasteiger partial charge in [-0.1, -0.05) is 12.1 Å². The lowest BCUT2D eigenvalue weighted by Gasteiger charge is -2.28. The van der Waals surface area contributed by atoms with Crippen molar-refractivity contribution in [3.8, 4) is 11.4 Å². The second-order valence-electron chi connectivity index (χ2n) is 6.85. The molecular formula is C20H23FN6. The van der Waals surface area contributed by atoms with Crippen LogP contribution in [0.15, 0.2) is 42.6 Å². The lowest BCUT2D eigenvalue weighted by molar-refractivity contribution is 0.255. The fourth-order valence-corrected chi connectivity index (χ4v) is 3.59. The maximum atomic E-state index is 13.3. The summed E-state index contributed by atoms with van der Waals surface area (Å²) < 4.78 is 13.3. The van der Waals surface area contributed by atoms with Gasteiger partial charge in [-0.15, -0.1) is 0 Å². The van der Waals surface area contributed by atoms with Crippen molar-refractivity contribution in [1.29, 1.82) is 0 Å². The molecule has 1 atom stereocenters. The molecule has 0 radical (unpaired) electrons. The summed E-state index contributed by atoms with van der Waals surface area (Å²) in [4.78, 5) is 11.4. The van der Waals surface area contributed by atoms with Gasteiger partial charge >= 0.3 is 0 Å². The largest absolute Gasteiger partial charge is 0.368 e. The van der Waals surface area contributed by atoms with Crippen LogP contribution in [-0.4, -0.2) is 44.7 Å². The number of likely N-dealkylation sites (tertiary alicyclic amines) is 1. The maximum absolute atomic E-state index is 13.3. The van der Waals surface area contributed by atoms with Crippen LogP contribution in [0, 0.1) is 12.7 Å². The molecule has 1 fully saturated rings. The number of aryl methyl sites for hydroxylation is 1. The number of hydrogen-bond acceptors (Lipinski definition) is 5. The molecular weight excluding hydrogens is 343 g/mol. The predicted octanol–water partition coefficient (Wildman–Crippen LogP) is 3.56. The first-order chi connectivity index (χ1) is 13.2. The molecule has 3 aromatic rings. The lowest BCUT2D eigenvalue weighted by atomic mass is 10.1. The number of halogens is 1. The van der Waals surface area contributed by atoms with Crippen molar-refractivity contribution < 1.29 is 4.39 Å². The highest BCUT2D eigenvalue weighted by atomic mass is 19.1. The monoisotopic (exact) mass is 366 g/mol. The summed E-state index contributed by atoms with van der Waals surface area (Å²) in [6.45, 7) is 4.70. The molecule has 1 aliphatic heterocycles. The Morgan fingerprint density at radius 2 is 1.93 bits per heavy atom. The number of nitrogens with zero attached hydrogens (tertiary/aromatic N) is 4. The normalized spacial score (nSPS) is 15.8. The van der Waals surface area contributed by atoms with Gasteiger partial charge in [0, 0.05) is 18.8 Å². The highest BCUT2D eigenvalue weighted by Crippen LogP contribution is 2.26. The van der Waals surface area contributed by atoms with Crippen molar-refractivity contribution >= 4 is 5.82 Å². The van der Waals surface area contributed by atoms with Crippen molar-refractivity contribution in [2.24, 2.45) is 0 Å². The van der Waals surface area contributed by atoms with Crippen molar-refractivity contribution in [3.05, 3.63) is 59.8 Å². The van der Waals surface area contributed by atoms with Gasteiger partial charge in [-0.3, -0.25) is 10.00 Å². The molecule has 4 rings (SSSR count). The van der Waals surface area contributed by atoms with E-state index < -0.39 is 0 Å². The van der Waals surface area contributed by atoms with E-state index in [1.54, 1.807) is 6.20 Å². The molecule has 3 heterocycles. The van der Waals surface area contributed by atoms with Crippen LogP contribution in [0.2, 0.25) is 0 Å². The zero-order chi connectivity index (χ0) is 18.6. The Labute approximate surface area is 157 Å². The van der Waals surface area contributed by atoms with Crippen LogP contribution < -0.4 is 5.32 Å². The fraction of sp³-hybridized carbons (Fsp3) is 0.350. The molecule has 27 heavy (non-hydrogen) atoms. The third kappa shape index (κ3) is 4.14. The number of H-pyrrole nitrogens is 1. The minimum Gasteiger partial charge on any atom is -0.368 e. The lowest BCUT2D eigenvalue weighted by Crippen LogP contribution is -2.31. The smallest absolute Gasteiger partial charge is 0.130 e. The Morgan fingerprint density at radius 3 is 2.63 bits per heavy atom. The second-order valence-corrected chi connectivity index (χ2v) is 6.85. The van der Waals surface area contributed by atoms with Crippen LogP contribution >= 0.6 is 0 Å². The molecule has 1 saturated heterocycles. The third-order valence-electron chi connectivity index (χ3n) is 4.93. The number of hydrogen-bond donors (Lipinski definition) is 2. The zero-order valence-electron chi connectivity index (χ0n) is 15.3. The number of anilines is 1. The topological polar surface area (TPSA) is 69.7 Å². The number of nitrogens with one attached hydrogen (secondary N) is 2. The van der Waals surface area contributed by atoms with Gasteiger partial charge < -0.3 is 5.32 Å². The van der Waals surface area contributed by atoms with E-state index in [1.807, 2.05) is 31.2 Å². The molecule has 2 aromatic heterocycles. The first-order valence-corrected chi connectivity index (χ1v) is 9.28. The Bertz CT molecular complexity index is 872. The fourth-order valence-electron chi connectivity index (χ4n) is 3.59. The van der Waals surface area contributed by atoms with Gasteiger partial charge in [0.05, 0.1) is 17.4 Å². The Kier molecular flexibility index (Phi) is 5.11. The van der Waals surface area contributed by atoms with Gasteiger partial charge in [-0.2, -0.15) is 5.10 Å². The van der Waals surface area contributed by atoms with E-state index in [-0.39, 0.29) is 11.9 Å². The highest BCUT2D eigenvalue weighted by molar-refractivity contribution is 5.58. The van der Waals surface area contributed by atoms with Gasteiger partial charge in [0.15, 0.2) is 0 Å². The van der Waals surface area contributed by atoms with Gasteiger partial charge in [-0.25, -0.2) is 14.4 Å². The molecule has 1 aliphatic rings. The first-order valence-electron chi connectivity index (χ1n) is 9.28. The van der Waals surface area contributed by atoms with E-state index in [0.717, 1.165) is 35.9 Å². The van der Waals surface area contributed by atoms with Crippen LogP contribution in [0.3, 0.4) is 0 Å². The summed E-state index contributed by atoms with van der Waals surface area (Å²) in [6, 6.07) is 10.8. The van der Waals surface area contributed by atoms with Gasteiger partial charge in [-0.05, 0) is 56.6 Å². The molecule has 0 bridgehead atoms. The number of aromatic amines is 1. The van der Waals surface area contributed by atoms with Gasteiger partial charge in [0.2, 0.25) is 0 Å². The molecule has 7 heteroatoms. The second kappa shape index (κ2) is 7.84. The number of rotatable bonds is 6. The summed E-state index contributed by atoms with van der Waals surface area (Å²) in [5.74, 6) is 1.27. The summed E-state index contributed by atoms with van der Waals surface area (Å²) in [5, 5.41) is 10.4. The standard InChI is InChI=1S/C20H23FN6/c1-14-24-18(17-8-9-23-26-17)12-20(25-14)22-13-19(27-10-2-3-11-27)15-4-6-16(21)7-5-15/h4-9,12,19H,2-3,10-11,13H2,1H3,(H,23,26)(H,22,24,25). The number of benzene rings is 1. The molecule has 0 spiro atoms. The molecule has 0 amide bonds. The van der Waals surface area contributed by atoms with Crippen molar-refractivity contribution in [1.82, 2.24) is 25.1 Å². The van der Waals surface area contributed by atoms with Crippen LogP contribution in [0.5, 0.6) is 0 Å². The molecule has 0 saturated carbocycles. The van der Waals surface area contributed by atoms with Crippen LogP contribution in [-0.2, 0) is 0 Å².